The third-order valence-electron chi connectivity index (χ3n) is 3.56. The minimum absolute atomic E-state index is 0.352. The van der Waals surface area contributed by atoms with Crippen molar-refractivity contribution >= 4 is 7.60 Å². The summed E-state index contributed by atoms with van der Waals surface area (Å²) in [5.74, 6) is -0.000218. The number of nitrogens with one attached hydrogen (secondary N) is 1. The van der Waals surface area contributed by atoms with Crippen LogP contribution in [-0.2, 0) is 11.1 Å². The van der Waals surface area contributed by atoms with Gasteiger partial charge in [0.05, 0.1) is 0 Å². The summed E-state index contributed by atoms with van der Waals surface area (Å²) in [6, 6.07) is 14.4. The average Bonchev–Trinajstić information content (AvgIpc) is 2.54. The lowest BCUT2D eigenvalue weighted by molar-refractivity contribution is 0.171. The lowest BCUT2D eigenvalue weighted by Crippen LogP contribution is -2.22. The van der Waals surface area contributed by atoms with Gasteiger partial charge in [0, 0.05) is 6.54 Å². The van der Waals surface area contributed by atoms with E-state index < -0.39 is 13.4 Å². The summed E-state index contributed by atoms with van der Waals surface area (Å²) in [5.41, 5.74) is 1.42. The molecule has 7 heteroatoms. The van der Waals surface area contributed by atoms with Gasteiger partial charge in [0.2, 0.25) is 0 Å². The van der Waals surface area contributed by atoms with Gasteiger partial charge in [-0.2, -0.15) is 0 Å². The Bertz CT molecular complexity index is 716. The van der Waals surface area contributed by atoms with Crippen molar-refractivity contribution in [3.05, 3.63) is 59.7 Å². The minimum atomic E-state index is -4.38. The van der Waals surface area contributed by atoms with Crippen molar-refractivity contribution in [2.75, 3.05) is 13.2 Å². The maximum atomic E-state index is 11.9. The molecule has 3 N–H and O–H groups in total. The van der Waals surface area contributed by atoms with Crippen LogP contribution in [0.4, 0.5) is 0 Å². The second kappa shape index (κ2) is 6.72. The third kappa shape index (κ3) is 3.92. The van der Waals surface area contributed by atoms with Crippen LogP contribution in [0, 0.1) is 0 Å². The SMILES string of the molecule is O=P(O)(O)[C@H](NCc1ccccc1)c1ccc2c(c1)OCCO2. The first kappa shape index (κ1) is 16.0. The fraction of sp³-hybridized carbons (Fsp3) is 0.250. The fourth-order valence-electron chi connectivity index (χ4n) is 2.47. The molecule has 23 heavy (non-hydrogen) atoms. The van der Waals surface area contributed by atoms with Crippen LogP contribution in [0.5, 0.6) is 11.5 Å². The standard InChI is InChI=1S/C16H18NO5P/c18-23(19,20)16(17-11-12-4-2-1-3-5-12)13-6-7-14-15(10-13)22-9-8-21-14/h1-7,10,16-17H,8-9,11H2,(H2,18,19,20)/t16-/m0/s1. The Morgan fingerprint density at radius 1 is 1.04 bits per heavy atom. The number of hydrogen-bond donors (Lipinski definition) is 3. The average molecular weight is 335 g/mol. The van der Waals surface area contributed by atoms with Crippen LogP contribution in [0.3, 0.4) is 0 Å². The Morgan fingerprint density at radius 2 is 1.74 bits per heavy atom. The summed E-state index contributed by atoms with van der Waals surface area (Å²) < 4.78 is 22.8. The fourth-order valence-corrected chi connectivity index (χ4v) is 3.35. The van der Waals surface area contributed by atoms with Gasteiger partial charge in [0.15, 0.2) is 11.5 Å². The van der Waals surface area contributed by atoms with Crippen LogP contribution in [0.15, 0.2) is 48.5 Å². The van der Waals surface area contributed by atoms with Crippen LogP contribution >= 0.6 is 7.60 Å². The first-order chi connectivity index (χ1) is 11.0. The summed E-state index contributed by atoms with van der Waals surface area (Å²) in [5, 5.41) is 2.94. The number of ether oxygens (including phenoxy) is 2. The molecular formula is C16H18NO5P. The van der Waals surface area contributed by atoms with Crippen molar-refractivity contribution < 1.29 is 23.8 Å². The maximum absolute atomic E-state index is 11.9. The van der Waals surface area contributed by atoms with E-state index in [0.717, 1.165) is 5.56 Å². The summed E-state index contributed by atoms with van der Waals surface area (Å²) >= 11 is 0. The van der Waals surface area contributed by atoms with Crippen molar-refractivity contribution in [1.82, 2.24) is 5.32 Å². The van der Waals surface area contributed by atoms with Gasteiger partial charge >= 0.3 is 7.60 Å². The molecule has 2 aromatic rings. The van der Waals surface area contributed by atoms with Crippen LogP contribution < -0.4 is 14.8 Å². The van der Waals surface area contributed by atoms with E-state index in [1.807, 2.05) is 30.3 Å². The van der Waals surface area contributed by atoms with E-state index in [9.17, 15) is 14.4 Å². The minimum Gasteiger partial charge on any atom is -0.486 e. The summed E-state index contributed by atoms with van der Waals surface area (Å²) in [7, 11) is -4.38. The van der Waals surface area contributed by atoms with E-state index in [0.29, 0.717) is 36.8 Å². The van der Waals surface area contributed by atoms with E-state index in [2.05, 4.69) is 5.32 Å². The molecule has 0 bridgehead atoms. The zero-order chi connectivity index (χ0) is 16.3. The van der Waals surface area contributed by atoms with E-state index >= 15 is 0 Å². The Morgan fingerprint density at radius 3 is 2.43 bits per heavy atom. The normalized spacial score (nSPS) is 15.2. The molecule has 2 aromatic carbocycles. The predicted octanol–water partition coefficient (Wildman–Crippen LogP) is 2.42. The quantitative estimate of drug-likeness (QED) is 0.728. The molecule has 0 aromatic heterocycles. The summed E-state index contributed by atoms with van der Waals surface area (Å²) in [6.45, 7) is 1.25. The van der Waals surface area contributed by atoms with E-state index in [4.69, 9.17) is 9.47 Å². The molecule has 1 heterocycles. The number of benzene rings is 2. The topological polar surface area (TPSA) is 88.0 Å². The Balaban J connectivity index is 1.83. The van der Waals surface area contributed by atoms with Gasteiger partial charge < -0.3 is 19.3 Å². The van der Waals surface area contributed by atoms with Crippen LogP contribution in [-0.4, -0.2) is 23.0 Å². The first-order valence-corrected chi connectivity index (χ1v) is 8.94. The second-order valence-corrected chi connectivity index (χ2v) is 6.96. The monoisotopic (exact) mass is 335 g/mol. The maximum Gasteiger partial charge on any atom is 0.346 e. The van der Waals surface area contributed by atoms with Crippen LogP contribution in [0.1, 0.15) is 16.9 Å². The highest BCUT2D eigenvalue weighted by Crippen LogP contribution is 2.51. The van der Waals surface area contributed by atoms with Crippen molar-refractivity contribution in [2.24, 2.45) is 0 Å². The Labute approximate surface area is 134 Å². The smallest absolute Gasteiger partial charge is 0.346 e. The molecule has 0 fully saturated rings. The molecule has 0 spiro atoms. The first-order valence-electron chi connectivity index (χ1n) is 7.26. The number of fused-ring (bicyclic) bond motifs is 1. The molecule has 0 saturated heterocycles. The van der Waals surface area contributed by atoms with Crippen molar-refractivity contribution in [1.29, 1.82) is 0 Å². The Hall–Kier alpha value is -1.85. The molecule has 0 aliphatic carbocycles. The largest absolute Gasteiger partial charge is 0.486 e. The van der Waals surface area contributed by atoms with Crippen LogP contribution in [0.25, 0.3) is 0 Å². The molecule has 0 amide bonds. The molecule has 0 radical (unpaired) electrons. The van der Waals surface area contributed by atoms with Gasteiger partial charge in [0.25, 0.3) is 0 Å². The highest BCUT2D eigenvalue weighted by Gasteiger charge is 2.31. The van der Waals surface area contributed by atoms with Crippen molar-refractivity contribution in [3.8, 4) is 11.5 Å². The van der Waals surface area contributed by atoms with Crippen molar-refractivity contribution in [3.63, 3.8) is 0 Å². The number of hydrogen-bond acceptors (Lipinski definition) is 4. The van der Waals surface area contributed by atoms with Crippen LogP contribution in [0.2, 0.25) is 0 Å². The van der Waals surface area contributed by atoms with Gasteiger partial charge in [0.1, 0.15) is 19.0 Å². The predicted molar refractivity (Wildman–Crippen MR) is 85.5 cm³/mol. The zero-order valence-electron chi connectivity index (χ0n) is 12.4. The van der Waals surface area contributed by atoms with Gasteiger partial charge in [-0.3, -0.25) is 9.88 Å². The van der Waals surface area contributed by atoms with Gasteiger partial charge in [-0.1, -0.05) is 36.4 Å². The molecule has 1 aliphatic heterocycles. The van der Waals surface area contributed by atoms with Gasteiger partial charge in [-0.15, -0.1) is 0 Å². The number of rotatable bonds is 5. The Kier molecular flexibility index (Phi) is 4.68. The molecule has 122 valence electrons. The third-order valence-corrected chi connectivity index (χ3v) is 4.71. The molecule has 0 unspecified atom stereocenters. The summed E-state index contributed by atoms with van der Waals surface area (Å²) in [4.78, 5) is 19.4. The van der Waals surface area contributed by atoms with E-state index in [1.54, 1.807) is 18.2 Å². The highest BCUT2D eigenvalue weighted by molar-refractivity contribution is 7.52. The molecule has 1 atom stereocenters. The highest BCUT2D eigenvalue weighted by atomic mass is 31.2. The lowest BCUT2D eigenvalue weighted by Gasteiger charge is -2.23. The molecular weight excluding hydrogens is 317 g/mol. The molecule has 3 rings (SSSR count). The zero-order valence-corrected chi connectivity index (χ0v) is 13.3. The molecule has 6 nitrogen and oxygen atoms in total. The van der Waals surface area contributed by atoms with E-state index in [1.165, 1.54) is 0 Å². The van der Waals surface area contributed by atoms with E-state index in [-0.39, 0.29) is 0 Å². The molecule has 1 aliphatic rings. The summed E-state index contributed by atoms with van der Waals surface area (Å²) in [6.07, 6.45) is 0. The second-order valence-electron chi connectivity index (χ2n) is 5.26. The van der Waals surface area contributed by atoms with Crippen molar-refractivity contribution in [2.45, 2.75) is 12.3 Å². The van der Waals surface area contributed by atoms with Gasteiger partial charge in [-0.25, -0.2) is 0 Å². The van der Waals surface area contributed by atoms with Gasteiger partial charge in [-0.05, 0) is 23.3 Å². The molecule has 0 saturated carbocycles. The lowest BCUT2D eigenvalue weighted by atomic mass is 10.1.